The van der Waals surface area contributed by atoms with Gasteiger partial charge >= 0.3 is 0 Å². The zero-order chi connectivity index (χ0) is 7.56. The Morgan fingerprint density at radius 1 is 1.60 bits per heavy atom. The fourth-order valence-corrected chi connectivity index (χ4v) is 0.807. The van der Waals surface area contributed by atoms with E-state index in [9.17, 15) is 4.79 Å². The van der Waals surface area contributed by atoms with Gasteiger partial charge < -0.3 is 10.0 Å². The lowest BCUT2D eigenvalue weighted by Crippen LogP contribution is -2.41. The number of likely N-dealkylation sites (tertiary alicyclic amines) is 1. The van der Waals surface area contributed by atoms with E-state index in [1.807, 2.05) is 0 Å². The molecule has 0 spiro atoms. The largest absolute Gasteiger partial charge is 0.512 e. The van der Waals surface area contributed by atoms with Crippen LogP contribution in [-0.2, 0) is 4.79 Å². The molecule has 1 fully saturated rings. The van der Waals surface area contributed by atoms with E-state index >= 15 is 0 Å². The van der Waals surface area contributed by atoms with Crippen molar-refractivity contribution < 1.29 is 9.90 Å². The number of hydrogen-bond donors (Lipinski definition) is 1. The van der Waals surface area contributed by atoms with Gasteiger partial charge in [-0.2, -0.15) is 0 Å². The monoisotopic (exact) mass is 141 g/mol. The summed E-state index contributed by atoms with van der Waals surface area (Å²) in [4.78, 5) is 12.6. The molecule has 1 rings (SSSR count). The lowest BCUT2D eigenvalue weighted by Gasteiger charge is -2.29. The first-order chi connectivity index (χ1) is 4.70. The summed E-state index contributed by atoms with van der Waals surface area (Å²) in [5.41, 5.74) is 0. The fourth-order valence-electron chi connectivity index (χ4n) is 0.807. The minimum absolute atomic E-state index is 0.0775. The molecule has 0 radical (unpaired) electrons. The second-order valence-electron chi connectivity index (χ2n) is 2.46. The van der Waals surface area contributed by atoms with Gasteiger partial charge in [-0.3, -0.25) is 4.79 Å². The van der Waals surface area contributed by atoms with Gasteiger partial charge in [0.25, 0.3) is 0 Å². The van der Waals surface area contributed by atoms with Gasteiger partial charge in [0.1, 0.15) is 0 Å². The van der Waals surface area contributed by atoms with E-state index in [4.69, 9.17) is 5.11 Å². The number of nitrogens with zero attached hydrogens (tertiary/aromatic N) is 1. The van der Waals surface area contributed by atoms with Crippen LogP contribution in [0.1, 0.15) is 13.3 Å². The highest BCUT2D eigenvalue weighted by Gasteiger charge is 2.17. The number of carbonyl (C=O) groups excluding carboxylic acids is 1. The Balaban J connectivity index is 2.41. The van der Waals surface area contributed by atoms with E-state index in [1.54, 1.807) is 4.90 Å². The summed E-state index contributed by atoms with van der Waals surface area (Å²) in [5.74, 6) is 0.00292. The van der Waals surface area contributed by atoms with Crippen LogP contribution in [0.4, 0.5) is 0 Å². The fraction of sp³-hybridized carbons (Fsp3) is 0.571. The van der Waals surface area contributed by atoms with Crippen LogP contribution in [0.5, 0.6) is 0 Å². The predicted octanol–water partition coefficient (Wildman–Crippen LogP) is 0.680. The Labute approximate surface area is 59.9 Å². The number of aliphatic hydroxyl groups excluding tert-OH is 1. The summed E-state index contributed by atoms with van der Waals surface area (Å²) in [6.07, 6.45) is 2.34. The minimum atomic E-state index is -0.0775. The molecule has 0 aliphatic carbocycles. The van der Waals surface area contributed by atoms with E-state index < -0.39 is 0 Å². The molecule has 1 aliphatic rings. The standard InChI is InChI=1S/C7H11NO2/c1-6(9)5-7(10)8-3-2-4-8/h5,9H,2-4H2,1H3. The van der Waals surface area contributed by atoms with Gasteiger partial charge in [-0.1, -0.05) is 0 Å². The van der Waals surface area contributed by atoms with Crippen LogP contribution in [-0.4, -0.2) is 29.0 Å². The lowest BCUT2D eigenvalue weighted by molar-refractivity contribution is -0.129. The van der Waals surface area contributed by atoms with Crippen molar-refractivity contribution in [2.75, 3.05) is 13.1 Å². The van der Waals surface area contributed by atoms with Crippen LogP contribution in [0.25, 0.3) is 0 Å². The van der Waals surface area contributed by atoms with Crippen LogP contribution in [0, 0.1) is 0 Å². The molecular weight excluding hydrogens is 130 g/mol. The molecule has 0 unspecified atom stereocenters. The van der Waals surface area contributed by atoms with Gasteiger partial charge in [-0.15, -0.1) is 0 Å². The van der Waals surface area contributed by atoms with Crippen molar-refractivity contribution in [3.8, 4) is 0 Å². The van der Waals surface area contributed by atoms with E-state index in [0.717, 1.165) is 19.5 Å². The summed E-state index contributed by atoms with van der Waals surface area (Å²) in [6.45, 7) is 3.17. The molecular formula is C7H11NO2. The van der Waals surface area contributed by atoms with Crippen molar-refractivity contribution in [1.82, 2.24) is 4.90 Å². The Hall–Kier alpha value is -0.990. The highest BCUT2D eigenvalue weighted by atomic mass is 16.3. The second-order valence-corrected chi connectivity index (χ2v) is 2.46. The molecule has 3 nitrogen and oxygen atoms in total. The third-order valence-corrected chi connectivity index (χ3v) is 1.50. The number of aliphatic hydroxyl groups is 1. The molecule has 0 aromatic rings. The second kappa shape index (κ2) is 2.73. The van der Waals surface area contributed by atoms with Gasteiger partial charge in [-0.05, 0) is 13.3 Å². The van der Waals surface area contributed by atoms with E-state index in [-0.39, 0.29) is 11.7 Å². The lowest BCUT2D eigenvalue weighted by atomic mass is 10.2. The van der Waals surface area contributed by atoms with Crippen LogP contribution in [0.15, 0.2) is 11.8 Å². The normalized spacial score (nSPS) is 18.5. The van der Waals surface area contributed by atoms with Crippen molar-refractivity contribution in [3.05, 3.63) is 11.8 Å². The Morgan fingerprint density at radius 3 is 2.50 bits per heavy atom. The summed E-state index contributed by atoms with van der Waals surface area (Å²) in [5, 5.41) is 8.70. The van der Waals surface area contributed by atoms with Crippen molar-refractivity contribution in [2.45, 2.75) is 13.3 Å². The first kappa shape index (κ1) is 7.12. The Bertz CT molecular complexity index is 166. The van der Waals surface area contributed by atoms with Crippen molar-refractivity contribution >= 4 is 5.91 Å². The topological polar surface area (TPSA) is 40.5 Å². The zero-order valence-electron chi connectivity index (χ0n) is 6.00. The van der Waals surface area contributed by atoms with Crippen LogP contribution in [0.2, 0.25) is 0 Å². The highest BCUT2D eigenvalue weighted by Crippen LogP contribution is 2.06. The summed E-state index contributed by atoms with van der Waals surface area (Å²) in [7, 11) is 0. The van der Waals surface area contributed by atoms with Crippen molar-refractivity contribution in [3.63, 3.8) is 0 Å². The first-order valence-electron chi connectivity index (χ1n) is 3.36. The zero-order valence-corrected chi connectivity index (χ0v) is 6.00. The predicted molar refractivity (Wildman–Crippen MR) is 37.6 cm³/mol. The number of hydrogen-bond acceptors (Lipinski definition) is 2. The van der Waals surface area contributed by atoms with Crippen molar-refractivity contribution in [1.29, 1.82) is 0 Å². The molecule has 1 aliphatic heterocycles. The molecule has 0 aromatic heterocycles. The molecule has 10 heavy (non-hydrogen) atoms. The summed E-state index contributed by atoms with van der Waals surface area (Å²) in [6, 6.07) is 0. The summed E-state index contributed by atoms with van der Waals surface area (Å²) >= 11 is 0. The molecule has 1 saturated heterocycles. The van der Waals surface area contributed by atoms with E-state index in [1.165, 1.54) is 13.0 Å². The van der Waals surface area contributed by atoms with Gasteiger partial charge in [0.2, 0.25) is 5.91 Å². The third-order valence-electron chi connectivity index (χ3n) is 1.50. The molecule has 0 saturated carbocycles. The number of rotatable bonds is 1. The van der Waals surface area contributed by atoms with Crippen LogP contribution < -0.4 is 0 Å². The first-order valence-corrected chi connectivity index (χ1v) is 3.36. The van der Waals surface area contributed by atoms with Gasteiger partial charge in [0, 0.05) is 19.2 Å². The molecule has 0 atom stereocenters. The summed E-state index contributed by atoms with van der Waals surface area (Å²) < 4.78 is 0. The maximum Gasteiger partial charge on any atom is 0.249 e. The SMILES string of the molecule is CC(O)=CC(=O)N1CCC1. The van der Waals surface area contributed by atoms with Crippen LogP contribution in [0.3, 0.4) is 0 Å². The molecule has 0 bridgehead atoms. The third kappa shape index (κ3) is 1.50. The van der Waals surface area contributed by atoms with E-state index in [0.29, 0.717) is 0 Å². The van der Waals surface area contributed by atoms with Crippen molar-refractivity contribution in [2.24, 2.45) is 0 Å². The van der Waals surface area contributed by atoms with E-state index in [2.05, 4.69) is 0 Å². The quantitative estimate of drug-likeness (QED) is 0.431. The molecule has 1 amide bonds. The average molecular weight is 141 g/mol. The molecule has 56 valence electrons. The van der Waals surface area contributed by atoms with Crippen LogP contribution >= 0.6 is 0 Å². The van der Waals surface area contributed by atoms with Gasteiger partial charge in [0.05, 0.1) is 5.76 Å². The average Bonchev–Trinajstić information content (AvgIpc) is 1.55. The minimum Gasteiger partial charge on any atom is -0.512 e. The Morgan fingerprint density at radius 2 is 2.20 bits per heavy atom. The maximum atomic E-state index is 10.9. The molecule has 0 aromatic carbocycles. The molecule has 3 heteroatoms. The smallest absolute Gasteiger partial charge is 0.249 e. The molecule has 1 N–H and O–H groups in total. The van der Waals surface area contributed by atoms with Gasteiger partial charge in [-0.25, -0.2) is 0 Å². The maximum absolute atomic E-state index is 10.9. The molecule has 1 heterocycles. The van der Waals surface area contributed by atoms with Gasteiger partial charge in [0.15, 0.2) is 0 Å². The highest BCUT2D eigenvalue weighted by molar-refractivity contribution is 5.88. The number of carbonyl (C=O) groups is 1. The Kier molecular flexibility index (Phi) is 1.94. The number of allylic oxidation sites excluding steroid dienone is 1. The number of amides is 1.